The third-order valence-corrected chi connectivity index (χ3v) is 2.95. The van der Waals surface area contributed by atoms with Crippen molar-refractivity contribution < 1.29 is 14.6 Å². The third-order valence-electron chi connectivity index (χ3n) is 2.95. The Morgan fingerprint density at radius 2 is 2.17 bits per heavy atom. The Labute approximate surface area is 106 Å². The van der Waals surface area contributed by atoms with Gasteiger partial charge in [0.05, 0.1) is 19.3 Å². The molecule has 1 saturated heterocycles. The van der Waals surface area contributed by atoms with E-state index in [1.54, 1.807) is 4.90 Å². The first-order chi connectivity index (χ1) is 8.74. The normalized spacial score (nSPS) is 18.9. The van der Waals surface area contributed by atoms with Crippen molar-refractivity contribution >= 4 is 6.03 Å². The number of aliphatic hydroxyl groups is 1. The summed E-state index contributed by atoms with van der Waals surface area (Å²) in [7, 11) is 0. The predicted molar refractivity (Wildman–Crippen MR) is 67.5 cm³/mol. The summed E-state index contributed by atoms with van der Waals surface area (Å²) in [6.07, 6.45) is 0. The lowest BCUT2D eigenvalue weighted by atomic mass is 10.1. The largest absolute Gasteiger partial charge is 0.494 e. The van der Waals surface area contributed by atoms with Gasteiger partial charge in [0.1, 0.15) is 5.75 Å². The molecule has 2 rings (SSSR count). The first-order valence-electron chi connectivity index (χ1n) is 6.13. The van der Waals surface area contributed by atoms with Crippen LogP contribution in [-0.4, -0.2) is 42.3 Å². The van der Waals surface area contributed by atoms with E-state index in [9.17, 15) is 4.79 Å². The van der Waals surface area contributed by atoms with Gasteiger partial charge in [0.2, 0.25) is 0 Å². The molecule has 0 bridgehead atoms. The van der Waals surface area contributed by atoms with E-state index in [0.29, 0.717) is 19.7 Å². The summed E-state index contributed by atoms with van der Waals surface area (Å²) in [5.41, 5.74) is 1.05. The van der Waals surface area contributed by atoms with Crippen molar-refractivity contribution in [3.05, 3.63) is 29.8 Å². The Bertz CT molecular complexity index is 405. The molecule has 1 aromatic carbocycles. The smallest absolute Gasteiger partial charge is 0.318 e. The van der Waals surface area contributed by atoms with Crippen LogP contribution in [-0.2, 0) is 0 Å². The third kappa shape index (κ3) is 2.73. The Kier molecular flexibility index (Phi) is 4.04. The van der Waals surface area contributed by atoms with Gasteiger partial charge in [0, 0.05) is 13.1 Å². The predicted octanol–water partition coefficient (Wildman–Crippen LogP) is 1.14. The summed E-state index contributed by atoms with van der Waals surface area (Å²) < 4.78 is 5.37. The maximum atomic E-state index is 11.6. The zero-order valence-electron chi connectivity index (χ0n) is 10.4. The van der Waals surface area contributed by atoms with Crippen molar-refractivity contribution in [1.82, 2.24) is 10.2 Å². The number of β-amino-alcohol motifs (C(OH)–C–C–N with tert-alkyl or cyclic N) is 1. The molecule has 1 unspecified atom stereocenters. The van der Waals surface area contributed by atoms with E-state index in [1.807, 2.05) is 31.2 Å². The maximum absolute atomic E-state index is 11.6. The summed E-state index contributed by atoms with van der Waals surface area (Å²) in [5, 5.41) is 11.8. The highest BCUT2D eigenvalue weighted by Crippen LogP contribution is 2.22. The van der Waals surface area contributed by atoms with E-state index < -0.39 is 0 Å². The number of nitrogens with zero attached hydrogens (tertiary/aromatic N) is 1. The van der Waals surface area contributed by atoms with Gasteiger partial charge in [0.15, 0.2) is 0 Å². The van der Waals surface area contributed by atoms with Crippen LogP contribution < -0.4 is 10.1 Å². The van der Waals surface area contributed by atoms with E-state index in [0.717, 1.165) is 11.3 Å². The molecule has 0 aromatic heterocycles. The van der Waals surface area contributed by atoms with Gasteiger partial charge in [0.25, 0.3) is 0 Å². The molecule has 1 atom stereocenters. The number of nitrogens with one attached hydrogen (secondary N) is 1. The number of carbonyl (C=O) groups is 1. The highest BCUT2D eigenvalue weighted by Gasteiger charge is 2.28. The van der Waals surface area contributed by atoms with Gasteiger partial charge in [-0.1, -0.05) is 12.1 Å². The molecular weight excluding hydrogens is 232 g/mol. The standard InChI is InChI=1S/C13H18N2O3/c1-2-18-11-5-3-10(4-6-11)12-9-15(7-8-16)13(17)14-12/h3-6,12,16H,2,7-9H2,1H3,(H,14,17). The van der Waals surface area contributed by atoms with Gasteiger partial charge in [-0.2, -0.15) is 0 Å². The topological polar surface area (TPSA) is 61.8 Å². The average Bonchev–Trinajstić information content (AvgIpc) is 2.73. The van der Waals surface area contributed by atoms with Crippen LogP contribution in [0.1, 0.15) is 18.5 Å². The van der Waals surface area contributed by atoms with Crippen LogP contribution in [0.25, 0.3) is 0 Å². The Morgan fingerprint density at radius 3 is 2.78 bits per heavy atom. The number of benzene rings is 1. The number of ether oxygens (including phenoxy) is 1. The van der Waals surface area contributed by atoms with Gasteiger partial charge in [-0.25, -0.2) is 4.79 Å². The number of rotatable bonds is 5. The van der Waals surface area contributed by atoms with Crippen LogP contribution in [0.4, 0.5) is 4.79 Å². The molecule has 0 radical (unpaired) electrons. The molecule has 0 saturated carbocycles. The Balaban J connectivity index is 2.02. The second-order valence-electron chi connectivity index (χ2n) is 4.17. The molecule has 2 amide bonds. The molecule has 0 spiro atoms. The molecular formula is C13H18N2O3. The molecule has 98 valence electrons. The Morgan fingerprint density at radius 1 is 1.44 bits per heavy atom. The van der Waals surface area contributed by atoms with Crippen molar-refractivity contribution in [2.45, 2.75) is 13.0 Å². The van der Waals surface area contributed by atoms with Crippen LogP contribution >= 0.6 is 0 Å². The summed E-state index contributed by atoms with van der Waals surface area (Å²) in [6.45, 7) is 3.54. The molecule has 0 aliphatic carbocycles. The van der Waals surface area contributed by atoms with Gasteiger partial charge in [-0.3, -0.25) is 0 Å². The molecule has 2 N–H and O–H groups in total. The fraction of sp³-hybridized carbons (Fsp3) is 0.462. The fourth-order valence-corrected chi connectivity index (χ4v) is 2.05. The fourth-order valence-electron chi connectivity index (χ4n) is 2.05. The molecule has 5 heteroatoms. The minimum Gasteiger partial charge on any atom is -0.494 e. The van der Waals surface area contributed by atoms with Crippen LogP contribution in [0.2, 0.25) is 0 Å². The van der Waals surface area contributed by atoms with E-state index in [1.165, 1.54) is 0 Å². The molecule has 18 heavy (non-hydrogen) atoms. The van der Waals surface area contributed by atoms with E-state index in [4.69, 9.17) is 9.84 Å². The summed E-state index contributed by atoms with van der Waals surface area (Å²) in [4.78, 5) is 13.2. The maximum Gasteiger partial charge on any atom is 0.318 e. The molecule has 1 aromatic rings. The number of carbonyl (C=O) groups excluding carboxylic acids is 1. The summed E-state index contributed by atoms with van der Waals surface area (Å²) in [6, 6.07) is 7.58. The molecule has 1 aliphatic rings. The van der Waals surface area contributed by atoms with E-state index in [2.05, 4.69) is 5.32 Å². The lowest BCUT2D eigenvalue weighted by Gasteiger charge is -2.13. The van der Waals surface area contributed by atoms with Crippen molar-refractivity contribution in [3.63, 3.8) is 0 Å². The first-order valence-corrected chi connectivity index (χ1v) is 6.13. The number of urea groups is 1. The molecule has 1 aliphatic heterocycles. The molecule has 5 nitrogen and oxygen atoms in total. The van der Waals surface area contributed by atoms with Crippen LogP contribution in [0.5, 0.6) is 5.75 Å². The van der Waals surface area contributed by atoms with E-state index >= 15 is 0 Å². The van der Waals surface area contributed by atoms with Crippen molar-refractivity contribution in [1.29, 1.82) is 0 Å². The SMILES string of the molecule is CCOc1ccc(C2CN(CCO)C(=O)N2)cc1. The lowest BCUT2D eigenvalue weighted by molar-refractivity contribution is 0.196. The molecule has 1 fully saturated rings. The van der Waals surface area contributed by atoms with Crippen molar-refractivity contribution in [2.24, 2.45) is 0 Å². The van der Waals surface area contributed by atoms with Gasteiger partial charge in [-0.05, 0) is 24.6 Å². The van der Waals surface area contributed by atoms with Gasteiger partial charge >= 0.3 is 6.03 Å². The average molecular weight is 250 g/mol. The monoisotopic (exact) mass is 250 g/mol. The highest BCUT2D eigenvalue weighted by molar-refractivity contribution is 5.77. The minimum absolute atomic E-state index is 0.0105. The zero-order chi connectivity index (χ0) is 13.0. The Hall–Kier alpha value is -1.75. The van der Waals surface area contributed by atoms with Crippen molar-refractivity contribution in [3.8, 4) is 5.75 Å². The number of aliphatic hydroxyl groups excluding tert-OH is 1. The number of hydrogen-bond acceptors (Lipinski definition) is 3. The number of hydrogen-bond donors (Lipinski definition) is 2. The molecule has 1 heterocycles. The van der Waals surface area contributed by atoms with Gasteiger partial charge < -0.3 is 20.1 Å². The summed E-state index contributed by atoms with van der Waals surface area (Å²) >= 11 is 0. The number of amides is 2. The van der Waals surface area contributed by atoms with Crippen LogP contribution in [0.15, 0.2) is 24.3 Å². The lowest BCUT2D eigenvalue weighted by Crippen LogP contribution is -2.30. The summed E-state index contributed by atoms with van der Waals surface area (Å²) in [5.74, 6) is 0.831. The first kappa shape index (κ1) is 12.7. The van der Waals surface area contributed by atoms with Crippen LogP contribution in [0.3, 0.4) is 0 Å². The quantitative estimate of drug-likeness (QED) is 0.824. The zero-order valence-corrected chi connectivity index (χ0v) is 10.4. The van der Waals surface area contributed by atoms with E-state index in [-0.39, 0.29) is 18.7 Å². The van der Waals surface area contributed by atoms with Crippen LogP contribution in [0, 0.1) is 0 Å². The second kappa shape index (κ2) is 5.73. The minimum atomic E-state index is -0.122. The van der Waals surface area contributed by atoms with Crippen molar-refractivity contribution in [2.75, 3.05) is 26.3 Å². The highest BCUT2D eigenvalue weighted by atomic mass is 16.5. The second-order valence-corrected chi connectivity index (χ2v) is 4.17. The van der Waals surface area contributed by atoms with Gasteiger partial charge in [-0.15, -0.1) is 0 Å².